The van der Waals surface area contributed by atoms with Crippen LogP contribution in [-0.4, -0.2) is 52.0 Å². The maximum absolute atomic E-state index is 13.0. The van der Waals surface area contributed by atoms with Gasteiger partial charge < -0.3 is 20.5 Å². The molecule has 6 rings (SSSR count). The van der Waals surface area contributed by atoms with Gasteiger partial charge in [-0.15, -0.1) is 0 Å². The molecule has 4 aromatic heterocycles. The Morgan fingerprint density at radius 2 is 1.88 bits per heavy atom. The van der Waals surface area contributed by atoms with Crippen molar-refractivity contribution in [3.8, 4) is 11.1 Å². The lowest BCUT2D eigenvalue weighted by molar-refractivity contribution is 0.102. The summed E-state index contributed by atoms with van der Waals surface area (Å²) < 4.78 is 0. The van der Waals surface area contributed by atoms with Crippen LogP contribution in [0.3, 0.4) is 0 Å². The highest BCUT2D eigenvalue weighted by Gasteiger charge is 2.15. The van der Waals surface area contributed by atoms with Crippen LogP contribution in [0.1, 0.15) is 10.4 Å². The van der Waals surface area contributed by atoms with Gasteiger partial charge >= 0.3 is 0 Å². The summed E-state index contributed by atoms with van der Waals surface area (Å²) in [4.78, 5) is 31.8. The van der Waals surface area contributed by atoms with Crippen molar-refractivity contribution in [3.05, 3.63) is 78.9 Å². The second-order valence-corrected chi connectivity index (χ2v) is 8.33. The Bertz CT molecular complexity index is 1500. The third kappa shape index (κ3) is 3.84. The van der Waals surface area contributed by atoms with Crippen LogP contribution in [0, 0.1) is 0 Å². The van der Waals surface area contributed by atoms with Crippen LogP contribution in [-0.2, 0) is 0 Å². The Hall–Kier alpha value is -4.30. The van der Waals surface area contributed by atoms with Gasteiger partial charge in [-0.3, -0.25) is 9.78 Å². The Balaban J connectivity index is 1.28. The van der Waals surface area contributed by atoms with Gasteiger partial charge in [0.15, 0.2) is 0 Å². The number of aromatic amines is 1. The van der Waals surface area contributed by atoms with E-state index in [0.29, 0.717) is 11.3 Å². The number of anilines is 2. The van der Waals surface area contributed by atoms with Crippen LogP contribution in [0.25, 0.3) is 33.1 Å². The molecule has 0 saturated carbocycles. The lowest BCUT2D eigenvalue weighted by Crippen LogP contribution is -2.43. The van der Waals surface area contributed by atoms with Gasteiger partial charge in [0, 0.05) is 66.7 Å². The third-order valence-corrected chi connectivity index (χ3v) is 6.15. The first-order valence-electron chi connectivity index (χ1n) is 11.3. The fourth-order valence-electron chi connectivity index (χ4n) is 4.38. The van der Waals surface area contributed by atoms with Crippen molar-refractivity contribution in [2.75, 3.05) is 36.4 Å². The molecule has 168 valence electrons. The van der Waals surface area contributed by atoms with Gasteiger partial charge in [-0.1, -0.05) is 12.1 Å². The van der Waals surface area contributed by atoms with Gasteiger partial charge in [0.2, 0.25) is 0 Å². The van der Waals surface area contributed by atoms with E-state index in [1.807, 2.05) is 36.5 Å². The minimum Gasteiger partial charge on any atom is -0.354 e. The minimum absolute atomic E-state index is 0.186. The number of fused-ring (bicyclic) bond motifs is 2. The van der Waals surface area contributed by atoms with Crippen molar-refractivity contribution in [1.82, 2.24) is 25.3 Å². The van der Waals surface area contributed by atoms with Crippen molar-refractivity contribution >= 4 is 39.3 Å². The van der Waals surface area contributed by atoms with Crippen LogP contribution < -0.4 is 15.5 Å². The number of amides is 1. The summed E-state index contributed by atoms with van der Waals surface area (Å²) in [6, 6.07) is 15.7. The molecule has 0 radical (unpaired) electrons. The van der Waals surface area contributed by atoms with Crippen LogP contribution in [0.5, 0.6) is 0 Å². The van der Waals surface area contributed by atoms with Gasteiger partial charge in [0.1, 0.15) is 11.5 Å². The van der Waals surface area contributed by atoms with Gasteiger partial charge in [0.05, 0.1) is 17.4 Å². The number of piperazine rings is 1. The first-order valence-corrected chi connectivity index (χ1v) is 11.3. The summed E-state index contributed by atoms with van der Waals surface area (Å²) in [5.41, 5.74) is 5.02. The molecule has 1 amide bonds. The first kappa shape index (κ1) is 20.3. The maximum atomic E-state index is 13.0. The molecule has 8 nitrogen and oxygen atoms in total. The molecule has 0 aliphatic carbocycles. The van der Waals surface area contributed by atoms with Crippen molar-refractivity contribution in [2.24, 2.45) is 0 Å². The second kappa shape index (κ2) is 8.57. The summed E-state index contributed by atoms with van der Waals surface area (Å²) in [7, 11) is 0. The smallest absolute Gasteiger partial charge is 0.255 e. The molecular formula is C26H23N7O. The number of hydrogen-bond acceptors (Lipinski definition) is 6. The van der Waals surface area contributed by atoms with E-state index >= 15 is 0 Å². The number of aromatic nitrogens is 4. The van der Waals surface area contributed by atoms with E-state index in [0.717, 1.165) is 65.1 Å². The summed E-state index contributed by atoms with van der Waals surface area (Å²) >= 11 is 0. The Kier molecular flexibility index (Phi) is 5.12. The Labute approximate surface area is 196 Å². The highest BCUT2D eigenvalue weighted by atomic mass is 16.1. The lowest BCUT2D eigenvalue weighted by atomic mass is 10.0. The monoisotopic (exact) mass is 449 g/mol. The van der Waals surface area contributed by atoms with E-state index in [-0.39, 0.29) is 5.91 Å². The Morgan fingerprint density at radius 1 is 0.971 bits per heavy atom. The van der Waals surface area contributed by atoms with Gasteiger partial charge in [-0.2, -0.15) is 0 Å². The molecule has 34 heavy (non-hydrogen) atoms. The molecule has 0 spiro atoms. The van der Waals surface area contributed by atoms with E-state index < -0.39 is 0 Å². The summed E-state index contributed by atoms with van der Waals surface area (Å²) in [5, 5.41) is 8.34. The third-order valence-electron chi connectivity index (χ3n) is 6.15. The van der Waals surface area contributed by atoms with Crippen LogP contribution >= 0.6 is 0 Å². The number of carbonyl (C=O) groups excluding carboxylic acids is 1. The predicted octanol–water partition coefficient (Wildman–Crippen LogP) is 3.84. The lowest BCUT2D eigenvalue weighted by Gasteiger charge is -2.28. The van der Waals surface area contributed by atoms with E-state index in [9.17, 15) is 4.79 Å². The molecule has 0 atom stereocenters. The number of rotatable bonds is 4. The van der Waals surface area contributed by atoms with Gasteiger partial charge in [0.25, 0.3) is 5.91 Å². The molecule has 1 saturated heterocycles. The summed E-state index contributed by atoms with van der Waals surface area (Å²) in [6.07, 6.45) is 7.10. The average Bonchev–Trinajstić information content (AvgIpc) is 3.32. The normalized spacial score (nSPS) is 13.9. The molecule has 1 aromatic carbocycles. The van der Waals surface area contributed by atoms with Gasteiger partial charge in [-0.25, -0.2) is 9.97 Å². The largest absolute Gasteiger partial charge is 0.354 e. The first-order chi connectivity index (χ1) is 16.7. The molecule has 3 N–H and O–H groups in total. The number of benzene rings is 1. The zero-order valence-corrected chi connectivity index (χ0v) is 18.5. The van der Waals surface area contributed by atoms with Crippen LogP contribution in [0.15, 0.2) is 73.3 Å². The number of nitrogens with zero attached hydrogens (tertiary/aromatic N) is 4. The Morgan fingerprint density at radius 3 is 2.79 bits per heavy atom. The predicted molar refractivity (Wildman–Crippen MR) is 134 cm³/mol. The highest BCUT2D eigenvalue weighted by molar-refractivity contribution is 6.06. The molecule has 5 aromatic rings. The maximum Gasteiger partial charge on any atom is 0.255 e. The number of carbonyl (C=O) groups is 1. The van der Waals surface area contributed by atoms with Crippen LogP contribution in [0.4, 0.5) is 11.5 Å². The molecule has 1 aliphatic rings. The molecule has 1 aliphatic heterocycles. The van der Waals surface area contributed by atoms with Crippen molar-refractivity contribution in [2.45, 2.75) is 0 Å². The summed E-state index contributed by atoms with van der Waals surface area (Å²) in [6.45, 7) is 3.58. The van der Waals surface area contributed by atoms with E-state index in [1.54, 1.807) is 24.7 Å². The molecule has 8 heteroatoms. The SMILES string of the molecule is O=C(Nc1cnc2[nH]cc(-c3ccc4ncccc4c3)c2c1)c1ccnc(N2CCNCC2)c1. The van der Waals surface area contributed by atoms with E-state index in [4.69, 9.17) is 0 Å². The topological polar surface area (TPSA) is 98.8 Å². The highest BCUT2D eigenvalue weighted by Crippen LogP contribution is 2.31. The average molecular weight is 450 g/mol. The van der Waals surface area contributed by atoms with Crippen LogP contribution in [0.2, 0.25) is 0 Å². The van der Waals surface area contributed by atoms with E-state index in [1.165, 1.54) is 0 Å². The molecule has 0 bridgehead atoms. The van der Waals surface area contributed by atoms with E-state index in [2.05, 4.69) is 47.6 Å². The number of pyridine rings is 3. The zero-order valence-electron chi connectivity index (χ0n) is 18.5. The summed E-state index contributed by atoms with van der Waals surface area (Å²) in [5.74, 6) is 0.634. The fraction of sp³-hybridized carbons (Fsp3) is 0.154. The van der Waals surface area contributed by atoms with Gasteiger partial charge in [-0.05, 0) is 42.0 Å². The second-order valence-electron chi connectivity index (χ2n) is 8.33. The number of hydrogen-bond donors (Lipinski definition) is 3. The number of H-pyrrole nitrogens is 1. The molecule has 1 fully saturated rings. The molecule has 5 heterocycles. The molecular weight excluding hydrogens is 426 g/mol. The standard InChI is InChI=1S/C26H23N7O/c34-26(19-5-7-29-24(13-19)33-10-8-27-9-11-33)32-20-14-21-22(16-31-25(21)30-15-20)17-3-4-23-18(12-17)2-1-6-28-23/h1-7,12-16,27H,8-11H2,(H,30,31)(H,32,34). The minimum atomic E-state index is -0.186. The van der Waals surface area contributed by atoms with Crippen molar-refractivity contribution in [3.63, 3.8) is 0 Å². The van der Waals surface area contributed by atoms with Crippen molar-refractivity contribution < 1.29 is 4.79 Å². The van der Waals surface area contributed by atoms with Crippen molar-refractivity contribution in [1.29, 1.82) is 0 Å². The molecule has 0 unspecified atom stereocenters. The fourth-order valence-corrected chi connectivity index (χ4v) is 4.38. The number of nitrogens with one attached hydrogen (secondary N) is 3. The quantitative estimate of drug-likeness (QED) is 0.386. The zero-order chi connectivity index (χ0) is 22.9.